The van der Waals surface area contributed by atoms with Crippen LogP contribution in [0.15, 0.2) is 12.4 Å². The fraction of sp³-hybridized carbons (Fsp3) is 0.545. The van der Waals surface area contributed by atoms with Gasteiger partial charge in [-0.2, -0.15) is 10.1 Å². The second-order valence-corrected chi connectivity index (χ2v) is 6.78. The quantitative estimate of drug-likeness (QED) is 0.817. The normalized spacial score (nSPS) is 17.8. The first-order valence-electron chi connectivity index (χ1n) is 6.40. The Labute approximate surface area is 116 Å². The third-order valence-electron chi connectivity index (χ3n) is 3.34. The fourth-order valence-corrected chi connectivity index (χ4v) is 3.22. The van der Waals surface area contributed by atoms with E-state index in [2.05, 4.69) is 29.8 Å². The van der Waals surface area contributed by atoms with Crippen LogP contribution in [0, 0.1) is 0 Å². The summed E-state index contributed by atoms with van der Waals surface area (Å²) in [5.41, 5.74) is 0.714. The summed E-state index contributed by atoms with van der Waals surface area (Å²) in [6.45, 7) is 1.46. The van der Waals surface area contributed by atoms with Crippen molar-refractivity contribution in [3.8, 4) is 0 Å². The van der Waals surface area contributed by atoms with Crippen LogP contribution in [0.5, 0.6) is 0 Å². The predicted octanol–water partition coefficient (Wildman–Crippen LogP) is -0.129. The van der Waals surface area contributed by atoms with Gasteiger partial charge in [0.25, 0.3) is 0 Å². The van der Waals surface area contributed by atoms with Crippen LogP contribution in [-0.2, 0) is 10.0 Å². The van der Waals surface area contributed by atoms with E-state index in [1.54, 1.807) is 12.4 Å². The van der Waals surface area contributed by atoms with E-state index in [4.69, 9.17) is 0 Å². The molecule has 0 saturated carbocycles. The Morgan fingerprint density at radius 3 is 2.80 bits per heavy atom. The van der Waals surface area contributed by atoms with Crippen LogP contribution < -0.4 is 9.62 Å². The van der Waals surface area contributed by atoms with Crippen molar-refractivity contribution in [2.24, 2.45) is 0 Å². The lowest BCUT2D eigenvalue weighted by Gasteiger charge is -2.31. The van der Waals surface area contributed by atoms with Crippen LogP contribution in [0.25, 0.3) is 11.0 Å². The number of H-pyrrole nitrogens is 1. The van der Waals surface area contributed by atoms with Crippen LogP contribution in [-0.4, -0.2) is 54.0 Å². The number of rotatable bonds is 3. The van der Waals surface area contributed by atoms with Crippen molar-refractivity contribution in [2.75, 3.05) is 24.2 Å². The van der Waals surface area contributed by atoms with E-state index in [0.29, 0.717) is 11.6 Å². The van der Waals surface area contributed by atoms with Gasteiger partial charge in [0, 0.05) is 25.3 Å². The number of hydrogen-bond acceptors (Lipinski definition) is 6. The van der Waals surface area contributed by atoms with E-state index in [9.17, 15) is 8.42 Å². The zero-order chi connectivity index (χ0) is 14.2. The third kappa shape index (κ3) is 2.88. The molecule has 1 saturated heterocycles. The van der Waals surface area contributed by atoms with Gasteiger partial charge in [0.1, 0.15) is 0 Å². The smallest absolute Gasteiger partial charge is 0.227 e. The van der Waals surface area contributed by atoms with Crippen LogP contribution in [0.3, 0.4) is 0 Å². The van der Waals surface area contributed by atoms with Gasteiger partial charge in [-0.3, -0.25) is 5.10 Å². The van der Waals surface area contributed by atoms with E-state index >= 15 is 0 Å². The number of nitrogens with one attached hydrogen (secondary N) is 2. The highest BCUT2D eigenvalue weighted by Gasteiger charge is 2.23. The molecule has 9 heteroatoms. The average molecular weight is 296 g/mol. The molecule has 0 radical (unpaired) electrons. The number of anilines is 1. The molecule has 3 rings (SSSR count). The molecule has 1 aliphatic rings. The largest absolute Gasteiger partial charge is 0.341 e. The second kappa shape index (κ2) is 4.98. The van der Waals surface area contributed by atoms with Crippen molar-refractivity contribution in [1.29, 1.82) is 0 Å². The van der Waals surface area contributed by atoms with Gasteiger partial charge in [0.2, 0.25) is 16.0 Å². The summed E-state index contributed by atoms with van der Waals surface area (Å²) in [5, 5.41) is 7.61. The molecule has 3 heterocycles. The van der Waals surface area contributed by atoms with Gasteiger partial charge < -0.3 is 4.90 Å². The molecule has 108 valence electrons. The minimum absolute atomic E-state index is 0.00265. The maximum absolute atomic E-state index is 11.2. The Morgan fingerprint density at radius 2 is 2.10 bits per heavy atom. The molecule has 0 unspecified atom stereocenters. The van der Waals surface area contributed by atoms with E-state index in [1.807, 2.05) is 0 Å². The number of aromatic amines is 1. The van der Waals surface area contributed by atoms with Crippen molar-refractivity contribution < 1.29 is 8.42 Å². The highest BCUT2D eigenvalue weighted by molar-refractivity contribution is 7.88. The van der Waals surface area contributed by atoms with E-state index in [1.165, 1.54) is 6.26 Å². The second-order valence-electron chi connectivity index (χ2n) is 5.00. The molecule has 0 amide bonds. The summed E-state index contributed by atoms with van der Waals surface area (Å²) in [4.78, 5) is 10.8. The Kier molecular flexibility index (Phi) is 3.30. The minimum atomic E-state index is -3.14. The third-order valence-corrected chi connectivity index (χ3v) is 4.10. The van der Waals surface area contributed by atoms with Gasteiger partial charge in [0.05, 0.1) is 17.8 Å². The minimum Gasteiger partial charge on any atom is -0.341 e. The summed E-state index contributed by atoms with van der Waals surface area (Å²) in [5.74, 6) is 0.652. The Balaban J connectivity index is 1.68. The molecule has 0 bridgehead atoms. The van der Waals surface area contributed by atoms with Crippen molar-refractivity contribution in [3.63, 3.8) is 0 Å². The van der Waals surface area contributed by atoms with Crippen LogP contribution >= 0.6 is 0 Å². The zero-order valence-electron chi connectivity index (χ0n) is 11.1. The molecule has 0 atom stereocenters. The van der Waals surface area contributed by atoms with E-state index < -0.39 is 10.0 Å². The number of hydrogen-bond donors (Lipinski definition) is 2. The number of aromatic nitrogens is 4. The predicted molar refractivity (Wildman–Crippen MR) is 74.9 cm³/mol. The first kappa shape index (κ1) is 13.3. The molecular formula is C11H16N6O2S. The molecule has 2 aromatic rings. The van der Waals surface area contributed by atoms with Gasteiger partial charge in [-0.05, 0) is 12.8 Å². The molecule has 1 fully saturated rings. The van der Waals surface area contributed by atoms with Gasteiger partial charge in [-0.25, -0.2) is 18.1 Å². The number of piperidine rings is 1. The lowest BCUT2D eigenvalue weighted by Crippen LogP contribution is -2.44. The number of sulfonamides is 1. The summed E-state index contributed by atoms with van der Waals surface area (Å²) in [7, 11) is -3.14. The van der Waals surface area contributed by atoms with Crippen molar-refractivity contribution >= 4 is 27.0 Å². The highest BCUT2D eigenvalue weighted by atomic mass is 32.2. The molecule has 20 heavy (non-hydrogen) atoms. The molecule has 8 nitrogen and oxygen atoms in total. The van der Waals surface area contributed by atoms with Crippen molar-refractivity contribution in [3.05, 3.63) is 12.4 Å². The standard InChI is InChI=1S/C11H16N6O2S/c1-20(18,19)16-9-2-4-17(5-3-9)11-12-6-8-7-13-15-10(8)14-11/h6-7,9,16H,2-5H2,1H3,(H,12,13,14,15). The molecule has 0 spiro atoms. The van der Waals surface area contributed by atoms with Crippen LogP contribution in [0.4, 0.5) is 5.95 Å². The fourth-order valence-electron chi connectivity index (χ4n) is 2.38. The Bertz CT molecular complexity index is 705. The molecule has 0 aromatic carbocycles. The molecule has 1 aliphatic heterocycles. The van der Waals surface area contributed by atoms with Crippen molar-refractivity contribution in [1.82, 2.24) is 24.9 Å². The topological polar surface area (TPSA) is 104 Å². The molecular weight excluding hydrogens is 280 g/mol. The van der Waals surface area contributed by atoms with Gasteiger partial charge in [0.15, 0.2) is 5.65 Å². The maximum Gasteiger partial charge on any atom is 0.227 e. The maximum atomic E-state index is 11.2. The molecule has 2 N–H and O–H groups in total. The van der Waals surface area contributed by atoms with Crippen molar-refractivity contribution in [2.45, 2.75) is 18.9 Å². The molecule has 0 aliphatic carbocycles. The SMILES string of the molecule is CS(=O)(=O)NC1CCN(c2ncc3cn[nH]c3n2)CC1. The zero-order valence-corrected chi connectivity index (χ0v) is 11.9. The summed E-state index contributed by atoms with van der Waals surface area (Å²) in [6.07, 6.45) is 6.10. The van der Waals surface area contributed by atoms with Gasteiger partial charge >= 0.3 is 0 Å². The van der Waals surface area contributed by atoms with E-state index in [0.717, 1.165) is 31.3 Å². The van der Waals surface area contributed by atoms with Gasteiger partial charge in [-0.15, -0.1) is 0 Å². The summed E-state index contributed by atoms with van der Waals surface area (Å²) < 4.78 is 25.1. The summed E-state index contributed by atoms with van der Waals surface area (Å²) in [6, 6.07) is -0.00265. The lowest BCUT2D eigenvalue weighted by atomic mass is 10.1. The first-order valence-corrected chi connectivity index (χ1v) is 8.29. The van der Waals surface area contributed by atoms with Crippen LogP contribution in [0.1, 0.15) is 12.8 Å². The lowest BCUT2D eigenvalue weighted by molar-refractivity contribution is 0.458. The van der Waals surface area contributed by atoms with Gasteiger partial charge in [-0.1, -0.05) is 0 Å². The van der Waals surface area contributed by atoms with E-state index in [-0.39, 0.29) is 6.04 Å². The average Bonchev–Trinajstić information content (AvgIpc) is 2.85. The number of fused-ring (bicyclic) bond motifs is 1. The number of nitrogens with zero attached hydrogens (tertiary/aromatic N) is 4. The monoisotopic (exact) mass is 296 g/mol. The first-order chi connectivity index (χ1) is 9.51. The Morgan fingerprint density at radius 1 is 1.35 bits per heavy atom. The Hall–Kier alpha value is -1.74. The van der Waals surface area contributed by atoms with Crippen LogP contribution in [0.2, 0.25) is 0 Å². The molecule has 2 aromatic heterocycles. The highest BCUT2D eigenvalue weighted by Crippen LogP contribution is 2.18. The summed E-state index contributed by atoms with van der Waals surface area (Å²) >= 11 is 0.